The summed E-state index contributed by atoms with van der Waals surface area (Å²) in [5.74, 6) is 8.85. The standard InChI is InChI=1S/C14H15ClN.BrH/c1-4-10-16(2,3)11-6-8-13-7-5-9-14(15)12-13;/h1,5,7,9,12H,10-11H2,2-3H3;1H/q+1;/p-1. The molecule has 0 atom stereocenters. The van der Waals surface area contributed by atoms with Crippen LogP contribution in [0.25, 0.3) is 0 Å². The molecule has 0 aliphatic rings. The molecule has 1 aromatic rings. The summed E-state index contributed by atoms with van der Waals surface area (Å²) in [6.07, 6.45) is 5.29. The molecule has 3 heteroatoms. The molecule has 0 bridgehead atoms. The van der Waals surface area contributed by atoms with Crippen molar-refractivity contribution in [1.29, 1.82) is 0 Å². The largest absolute Gasteiger partial charge is 1.00 e. The van der Waals surface area contributed by atoms with Crippen LogP contribution in [0, 0.1) is 24.2 Å². The fraction of sp³-hybridized carbons (Fsp3) is 0.286. The molecule has 0 aliphatic carbocycles. The van der Waals surface area contributed by atoms with Crippen LogP contribution in [0.4, 0.5) is 0 Å². The van der Waals surface area contributed by atoms with Crippen LogP contribution in [-0.2, 0) is 0 Å². The molecule has 0 heterocycles. The van der Waals surface area contributed by atoms with Gasteiger partial charge in [0.15, 0.2) is 0 Å². The number of hydrogen-bond acceptors (Lipinski definition) is 0. The van der Waals surface area contributed by atoms with E-state index < -0.39 is 0 Å². The molecule has 0 saturated heterocycles. The fourth-order valence-electron chi connectivity index (χ4n) is 1.22. The second-order valence-electron chi connectivity index (χ2n) is 4.27. The average Bonchev–Trinajstić information content (AvgIpc) is 2.17. The van der Waals surface area contributed by atoms with Crippen LogP contribution in [0.3, 0.4) is 0 Å². The number of benzene rings is 1. The van der Waals surface area contributed by atoms with E-state index >= 15 is 0 Å². The van der Waals surface area contributed by atoms with Crippen LogP contribution >= 0.6 is 11.6 Å². The van der Waals surface area contributed by atoms with Gasteiger partial charge in [-0.3, -0.25) is 0 Å². The van der Waals surface area contributed by atoms with Crippen molar-refractivity contribution >= 4 is 11.6 Å². The van der Waals surface area contributed by atoms with Gasteiger partial charge in [-0.1, -0.05) is 23.6 Å². The van der Waals surface area contributed by atoms with Crippen molar-refractivity contribution in [1.82, 2.24) is 0 Å². The maximum Gasteiger partial charge on any atom is 0.141 e. The van der Waals surface area contributed by atoms with Gasteiger partial charge in [-0.15, -0.1) is 6.42 Å². The van der Waals surface area contributed by atoms with E-state index in [-0.39, 0.29) is 17.0 Å². The van der Waals surface area contributed by atoms with Crippen LogP contribution < -0.4 is 17.0 Å². The van der Waals surface area contributed by atoms with Gasteiger partial charge in [0.1, 0.15) is 13.1 Å². The lowest BCUT2D eigenvalue weighted by Crippen LogP contribution is -3.00. The van der Waals surface area contributed by atoms with E-state index in [4.69, 9.17) is 18.0 Å². The molecule has 0 fully saturated rings. The Bertz CT molecular complexity index is 463. The Labute approximate surface area is 119 Å². The van der Waals surface area contributed by atoms with Crippen molar-refractivity contribution in [2.75, 3.05) is 27.2 Å². The maximum atomic E-state index is 5.87. The number of halogens is 2. The molecule has 0 aromatic heterocycles. The third-order valence-corrected chi connectivity index (χ3v) is 2.32. The summed E-state index contributed by atoms with van der Waals surface area (Å²) >= 11 is 5.87. The number of hydrogen-bond donors (Lipinski definition) is 0. The van der Waals surface area contributed by atoms with Crippen molar-refractivity contribution in [3.63, 3.8) is 0 Å². The second kappa shape index (κ2) is 7.41. The third-order valence-electron chi connectivity index (χ3n) is 2.08. The molecule has 0 aliphatic heterocycles. The van der Waals surface area contributed by atoms with E-state index in [0.717, 1.165) is 12.1 Å². The number of nitrogens with zero attached hydrogens (tertiary/aromatic N) is 1. The fourth-order valence-corrected chi connectivity index (χ4v) is 1.42. The van der Waals surface area contributed by atoms with Crippen molar-refractivity contribution in [3.8, 4) is 24.2 Å². The Kier molecular flexibility index (Phi) is 7.00. The summed E-state index contributed by atoms with van der Waals surface area (Å²) in [5, 5.41) is 0.712. The van der Waals surface area contributed by atoms with Gasteiger partial charge in [0.2, 0.25) is 0 Å². The number of terminal acetylenes is 1. The van der Waals surface area contributed by atoms with Crippen molar-refractivity contribution in [3.05, 3.63) is 34.9 Å². The summed E-state index contributed by atoms with van der Waals surface area (Å²) < 4.78 is 0.712. The molecular weight excluding hydrogens is 298 g/mol. The highest BCUT2D eigenvalue weighted by molar-refractivity contribution is 6.30. The monoisotopic (exact) mass is 311 g/mol. The van der Waals surface area contributed by atoms with Gasteiger partial charge in [-0.2, -0.15) is 0 Å². The smallest absolute Gasteiger partial charge is 0.141 e. The van der Waals surface area contributed by atoms with Gasteiger partial charge in [0, 0.05) is 10.6 Å². The topological polar surface area (TPSA) is 0 Å². The van der Waals surface area contributed by atoms with Crippen LogP contribution in [-0.4, -0.2) is 31.7 Å². The van der Waals surface area contributed by atoms with Gasteiger partial charge >= 0.3 is 0 Å². The van der Waals surface area contributed by atoms with Crippen molar-refractivity contribution < 1.29 is 21.5 Å². The van der Waals surface area contributed by atoms with Crippen molar-refractivity contribution in [2.24, 2.45) is 0 Å². The normalized spacial score (nSPS) is 9.53. The second-order valence-corrected chi connectivity index (χ2v) is 4.70. The molecular formula is C14H15BrClN. The Hall–Kier alpha value is -0.930. The molecule has 0 spiro atoms. The zero-order valence-corrected chi connectivity index (χ0v) is 12.3. The van der Waals surface area contributed by atoms with E-state index in [9.17, 15) is 0 Å². The summed E-state index contributed by atoms with van der Waals surface area (Å²) in [7, 11) is 4.12. The molecule has 17 heavy (non-hydrogen) atoms. The minimum atomic E-state index is 0. The summed E-state index contributed by atoms with van der Waals surface area (Å²) in [4.78, 5) is 0. The van der Waals surface area contributed by atoms with Gasteiger partial charge in [0.05, 0.1) is 14.1 Å². The van der Waals surface area contributed by atoms with Gasteiger partial charge in [-0.25, -0.2) is 0 Å². The minimum absolute atomic E-state index is 0. The molecule has 0 radical (unpaired) electrons. The predicted octanol–water partition coefficient (Wildman–Crippen LogP) is -0.595. The maximum absolute atomic E-state index is 5.87. The lowest BCUT2D eigenvalue weighted by atomic mass is 10.2. The van der Waals surface area contributed by atoms with Gasteiger partial charge in [0.25, 0.3) is 0 Å². The molecule has 1 nitrogen and oxygen atoms in total. The van der Waals surface area contributed by atoms with E-state index in [0.29, 0.717) is 16.1 Å². The highest BCUT2D eigenvalue weighted by Gasteiger charge is 2.09. The molecule has 0 saturated carbocycles. The number of quaternary nitrogens is 1. The average molecular weight is 313 g/mol. The first-order valence-corrected chi connectivity index (χ1v) is 5.41. The highest BCUT2D eigenvalue weighted by atomic mass is 79.9. The summed E-state index contributed by atoms with van der Waals surface area (Å²) in [5.41, 5.74) is 0.938. The Balaban J connectivity index is 0.00000256. The minimum Gasteiger partial charge on any atom is -1.00 e. The van der Waals surface area contributed by atoms with Crippen LogP contribution in [0.2, 0.25) is 5.02 Å². The molecule has 0 N–H and O–H groups in total. The van der Waals surface area contributed by atoms with Crippen LogP contribution in [0.15, 0.2) is 24.3 Å². The molecule has 90 valence electrons. The SMILES string of the molecule is C#CC[N+](C)(C)CC#Cc1cccc(Cl)c1.[Br-]. The molecule has 0 unspecified atom stereocenters. The highest BCUT2D eigenvalue weighted by Crippen LogP contribution is 2.09. The first-order chi connectivity index (χ1) is 7.53. The number of rotatable bonds is 2. The van der Waals surface area contributed by atoms with Crippen LogP contribution in [0.1, 0.15) is 5.56 Å². The summed E-state index contributed by atoms with van der Waals surface area (Å²) in [6, 6.07) is 7.54. The van der Waals surface area contributed by atoms with Crippen molar-refractivity contribution in [2.45, 2.75) is 0 Å². The zero-order valence-electron chi connectivity index (χ0n) is 10.0. The lowest BCUT2D eigenvalue weighted by Gasteiger charge is -2.24. The Morgan fingerprint density at radius 3 is 2.59 bits per heavy atom. The van der Waals surface area contributed by atoms with E-state index in [1.54, 1.807) is 0 Å². The molecule has 1 aromatic carbocycles. The Morgan fingerprint density at radius 1 is 1.29 bits per heavy atom. The molecule has 1 rings (SSSR count). The quantitative estimate of drug-likeness (QED) is 0.506. The first kappa shape index (κ1) is 16.1. The van der Waals surface area contributed by atoms with E-state index in [1.807, 2.05) is 24.3 Å². The predicted molar refractivity (Wildman–Crippen MR) is 69.0 cm³/mol. The molecule has 0 amide bonds. The van der Waals surface area contributed by atoms with E-state index in [1.165, 1.54) is 0 Å². The third kappa shape index (κ3) is 6.39. The van der Waals surface area contributed by atoms with Gasteiger partial charge < -0.3 is 21.5 Å². The lowest BCUT2D eigenvalue weighted by molar-refractivity contribution is -0.875. The van der Waals surface area contributed by atoms with E-state index in [2.05, 4.69) is 31.9 Å². The first-order valence-electron chi connectivity index (χ1n) is 5.03. The van der Waals surface area contributed by atoms with Gasteiger partial charge in [-0.05, 0) is 30.0 Å². The Morgan fingerprint density at radius 2 is 2.00 bits per heavy atom. The van der Waals surface area contributed by atoms with Crippen LogP contribution in [0.5, 0.6) is 0 Å². The zero-order chi connectivity index (χ0) is 12.0. The summed E-state index contributed by atoms with van der Waals surface area (Å²) in [6.45, 7) is 1.42.